The number of alkyl halides is 2. The SMILES string of the molecule is CC(F)(F)c1ccc(Nc2ccccc2-c2nnn(CCCN3CCOCC3)n2)cc1. The predicted octanol–water partition coefficient (Wildman–Crippen LogP) is 3.92. The fraction of sp³-hybridized carbons (Fsp3) is 0.409. The Balaban J connectivity index is 1.41. The van der Waals surface area contributed by atoms with Crippen LogP contribution in [0, 0.1) is 0 Å². The zero-order chi connectivity index (χ0) is 21.7. The van der Waals surface area contributed by atoms with Gasteiger partial charge in [-0.2, -0.15) is 4.80 Å². The van der Waals surface area contributed by atoms with E-state index in [9.17, 15) is 8.78 Å². The van der Waals surface area contributed by atoms with Crippen LogP contribution in [0.5, 0.6) is 0 Å². The molecule has 164 valence electrons. The molecule has 0 amide bonds. The number of benzene rings is 2. The molecule has 0 unspecified atom stereocenters. The molecule has 1 aliphatic rings. The number of hydrogen-bond donors (Lipinski definition) is 1. The molecule has 7 nitrogen and oxygen atoms in total. The number of morpholine rings is 1. The van der Waals surface area contributed by atoms with E-state index in [2.05, 4.69) is 25.6 Å². The highest BCUT2D eigenvalue weighted by molar-refractivity contribution is 5.77. The monoisotopic (exact) mass is 428 g/mol. The van der Waals surface area contributed by atoms with Gasteiger partial charge >= 0.3 is 0 Å². The highest BCUT2D eigenvalue weighted by Gasteiger charge is 2.23. The molecule has 1 saturated heterocycles. The Labute approximate surface area is 180 Å². The van der Waals surface area contributed by atoms with Crippen molar-refractivity contribution in [2.24, 2.45) is 0 Å². The molecule has 1 aliphatic heterocycles. The van der Waals surface area contributed by atoms with E-state index < -0.39 is 5.92 Å². The van der Waals surface area contributed by atoms with E-state index in [1.54, 1.807) is 16.9 Å². The second-order valence-electron chi connectivity index (χ2n) is 7.65. The Morgan fingerprint density at radius 1 is 1.03 bits per heavy atom. The first-order valence-electron chi connectivity index (χ1n) is 10.4. The number of rotatable bonds is 8. The van der Waals surface area contributed by atoms with Crippen LogP contribution in [0.15, 0.2) is 48.5 Å². The molecule has 3 aromatic rings. The van der Waals surface area contributed by atoms with Crippen LogP contribution in [0.3, 0.4) is 0 Å². The maximum absolute atomic E-state index is 13.4. The van der Waals surface area contributed by atoms with Crippen LogP contribution in [-0.4, -0.2) is 58.0 Å². The second-order valence-corrected chi connectivity index (χ2v) is 7.65. The van der Waals surface area contributed by atoms with Crippen molar-refractivity contribution in [1.29, 1.82) is 0 Å². The Morgan fingerprint density at radius 3 is 2.52 bits per heavy atom. The smallest absolute Gasteiger partial charge is 0.270 e. The lowest BCUT2D eigenvalue weighted by molar-refractivity contribution is 0.0175. The molecule has 0 aliphatic carbocycles. The van der Waals surface area contributed by atoms with Crippen LogP contribution in [-0.2, 0) is 17.2 Å². The number of anilines is 2. The molecule has 4 rings (SSSR count). The van der Waals surface area contributed by atoms with Gasteiger partial charge in [0.2, 0.25) is 5.82 Å². The van der Waals surface area contributed by atoms with E-state index >= 15 is 0 Å². The summed E-state index contributed by atoms with van der Waals surface area (Å²) in [4.78, 5) is 3.99. The summed E-state index contributed by atoms with van der Waals surface area (Å²) in [5.74, 6) is -2.34. The topological polar surface area (TPSA) is 68.1 Å². The van der Waals surface area contributed by atoms with Crippen molar-refractivity contribution < 1.29 is 13.5 Å². The summed E-state index contributed by atoms with van der Waals surface area (Å²) in [5, 5.41) is 16.2. The maximum atomic E-state index is 13.4. The van der Waals surface area contributed by atoms with E-state index in [1.165, 1.54) is 12.1 Å². The van der Waals surface area contributed by atoms with Crippen molar-refractivity contribution in [3.63, 3.8) is 0 Å². The van der Waals surface area contributed by atoms with Crippen LogP contribution in [0.4, 0.5) is 20.2 Å². The van der Waals surface area contributed by atoms with Crippen molar-refractivity contribution in [2.75, 3.05) is 38.2 Å². The van der Waals surface area contributed by atoms with Gasteiger partial charge in [-0.05, 0) is 35.9 Å². The van der Waals surface area contributed by atoms with Gasteiger partial charge in [-0.25, -0.2) is 8.78 Å². The van der Waals surface area contributed by atoms with E-state index in [0.717, 1.165) is 57.4 Å². The van der Waals surface area contributed by atoms with E-state index in [1.807, 2.05) is 24.3 Å². The molecule has 1 aromatic heterocycles. The van der Waals surface area contributed by atoms with E-state index in [-0.39, 0.29) is 5.56 Å². The summed E-state index contributed by atoms with van der Waals surface area (Å²) in [6, 6.07) is 13.7. The van der Waals surface area contributed by atoms with Gasteiger partial charge in [0.25, 0.3) is 5.92 Å². The third-order valence-electron chi connectivity index (χ3n) is 5.23. The minimum atomic E-state index is -2.86. The lowest BCUT2D eigenvalue weighted by atomic mass is 10.1. The van der Waals surface area contributed by atoms with Crippen LogP contribution in [0.1, 0.15) is 18.9 Å². The van der Waals surface area contributed by atoms with Crippen molar-refractivity contribution in [2.45, 2.75) is 25.8 Å². The molecule has 0 saturated carbocycles. The average molecular weight is 428 g/mol. The standard InChI is InChI=1S/C22H26F2N6O/c1-22(23,24)17-7-9-18(10-8-17)25-20-6-3-2-5-19(20)21-26-28-30(27-21)12-4-11-29-13-15-31-16-14-29/h2-3,5-10,25H,4,11-16H2,1H3. The lowest BCUT2D eigenvalue weighted by Gasteiger charge is -2.26. The molecule has 1 fully saturated rings. The van der Waals surface area contributed by atoms with Crippen LogP contribution >= 0.6 is 0 Å². The van der Waals surface area contributed by atoms with Crippen molar-refractivity contribution in [1.82, 2.24) is 25.1 Å². The summed E-state index contributed by atoms with van der Waals surface area (Å²) in [7, 11) is 0. The number of hydrogen-bond acceptors (Lipinski definition) is 6. The molecule has 0 radical (unpaired) electrons. The average Bonchev–Trinajstić information content (AvgIpc) is 3.23. The minimum Gasteiger partial charge on any atom is -0.379 e. The highest BCUT2D eigenvalue weighted by Crippen LogP contribution is 2.30. The number of nitrogens with one attached hydrogen (secondary N) is 1. The first-order chi connectivity index (χ1) is 15.0. The number of tetrazole rings is 1. The second kappa shape index (κ2) is 9.49. The van der Waals surface area contributed by atoms with Gasteiger partial charge in [0, 0.05) is 49.1 Å². The quantitative estimate of drug-likeness (QED) is 0.587. The van der Waals surface area contributed by atoms with Gasteiger partial charge in [-0.3, -0.25) is 4.90 Å². The highest BCUT2D eigenvalue weighted by atomic mass is 19.3. The zero-order valence-corrected chi connectivity index (χ0v) is 17.5. The number of aromatic nitrogens is 4. The fourth-order valence-electron chi connectivity index (χ4n) is 3.50. The molecular formula is C22H26F2N6O. The predicted molar refractivity (Wildman–Crippen MR) is 114 cm³/mol. The number of aryl methyl sites for hydroxylation is 1. The molecule has 0 atom stereocenters. The molecule has 0 spiro atoms. The third-order valence-corrected chi connectivity index (χ3v) is 5.23. The van der Waals surface area contributed by atoms with Gasteiger partial charge in [0.1, 0.15) is 0 Å². The Hall–Kier alpha value is -2.91. The molecule has 9 heteroatoms. The van der Waals surface area contributed by atoms with Gasteiger partial charge < -0.3 is 10.1 Å². The first kappa shape index (κ1) is 21.3. The molecule has 1 N–H and O–H groups in total. The molecule has 31 heavy (non-hydrogen) atoms. The first-order valence-corrected chi connectivity index (χ1v) is 10.4. The van der Waals surface area contributed by atoms with Crippen molar-refractivity contribution >= 4 is 11.4 Å². The van der Waals surface area contributed by atoms with Crippen molar-refractivity contribution in [3.05, 3.63) is 54.1 Å². The lowest BCUT2D eigenvalue weighted by Crippen LogP contribution is -2.37. The Kier molecular flexibility index (Phi) is 6.53. The molecule has 2 aromatic carbocycles. The molecular weight excluding hydrogens is 402 g/mol. The Morgan fingerprint density at radius 2 is 1.77 bits per heavy atom. The van der Waals surface area contributed by atoms with Gasteiger partial charge in [-0.1, -0.05) is 24.3 Å². The van der Waals surface area contributed by atoms with Crippen LogP contribution < -0.4 is 5.32 Å². The van der Waals surface area contributed by atoms with Gasteiger partial charge in [0.15, 0.2) is 0 Å². The number of halogens is 2. The summed E-state index contributed by atoms with van der Waals surface area (Å²) >= 11 is 0. The summed E-state index contributed by atoms with van der Waals surface area (Å²) in [6.45, 7) is 6.06. The summed E-state index contributed by atoms with van der Waals surface area (Å²) in [6.07, 6.45) is 0.935. The fourth-order valence-corrected chi connectivity index (χ4v) is 3.50. The van der Waals surface area contributed by atoms with Crippen LogP contribution in [0.2, 0.25) is 0 Å². The summed E-state index contributed by atoms with van der Waals surface area (Å²) in [5.41, 5.74) is 2.27. The van der Waals surface area contributed by atoms with Crippen LogP contribution in [0.25, 0.3) is 11.4 Å². The molecule has 0 bridgehead atoms. The van der Waals surface area contributed by atoms with Gasteiger partial charge in [-0.15, -0.1) is 10.2 Å². The van der Waals surface area contributed by atoms with E-state index in [4.69, 9.17) is 4.74 Å². The van der Waals surface area contributed by atoms with Crippen molar-refractivity contribution in [3.8, 4) is 11.4 Å². The number of nitrogens with zero attached hydrogens (tertiary/aromatic N) is 5. The Bertz CT molecular complexity index is 980. The number of ether oxygens (including phenoxy) is 1. The summed E-state index contributed by atoms with van der Waals surface area (Å²) < 4.78 is 32.3. The molecule has 2 heterocycles. The van der Waals surface area contributed by atoms with Gasteiger partial charge in [0.05, 0.1) is 19.8 Å². The maximum Gasteiger partial charge on any atom is 0.270 e. The van der Waals surface area contributed by atoms with E-state index in [0.29, 0.717) is 18.1 Å². The zero-order valence-electron chi connectivity index (χ0n) is 17.5. The normalized spacial score (nSPS) is 15.2. The largest absolute Gasteiger partial charge is 0.379 e. The number of para-hydroxylation sites is 1. The minimum absolute atomic E-state index is 0.0203. The third kappa shape index (κ3) is 5.62.